The van der Waals surface area contributed by atoms with Crippen molar-refractivity contribution in [2.75, 3.05) is 18.8 Å². The van der Waals surface area contributed by atoms with Crippen LogP contribution in [0.25, 0.3) is 0 Å². The topological polar surface area (TPSA) is 66.5 Å². The molecule has 1 aromatic carbocycles. The monoisotopic (exact) mass is 344 g/mol. The van der Waals surface area contributed by atoms with Crippen molar-refractivity contribution in [3.63, 3.8) is 0 Å². The second-order valence-corrected chi connectivity index (χ2v) is 7.82. The first-order valence-electron chi connectivity index (χ1n) is 7.40. The van der Waals surface area contributed by atoms with E-state index < -0.39 is 21.7 Å². The van der Waals surface area contributed by atoms with Crippen LogP contribution in [0.1, 0.15) is 31.7 Å². The minimum atomic E-state index is -3.53. The summed E-state index contributed by atoms with van der Waals surface area (Å²) in [6.45, 7) is 4.27. The third-order valence-electron chi connectivity index (χ3n) is 3.83. The Balaban J connectivity index is 1.89. The van der Waals surface area contributed by atoms with Crippen LogP contribution in [0.3, 0.4) is 0 Å². The maximum Gasteiger partial charge on any atom is 0.236 e. The SMILES string of the molecule is CCN(CC)S(=O)(=O)CC(=O)N[C@H]1C[C@H]1c1cccc(Cl)c1. The van der Waals surface area contributed by atoms with Gasteiger partial charge in [-0.05, 0) is 24.1 Å². The maximum atomic E-state index is 12.0. The number of amides is 1. The van der Waals surface area contributed by atoms with E-state index >= 15 is 0 Å². The quantitative estimate of drug-likeness (QED) is 0.822. The highest BCUT2D eigenvalue weighted by Gasteiger charge is 2.40. The molecule has 1 aliphatic rings. The molecule has 0 aliphatic heterocycles. The molecule has 1 saturated carbocycles. The Morgan fingerprint density at radius 3 is 2.64 bits per heavy atom. The molecule has 0 saturated heterocycles. The van der Waals surface area contributed by atoms with Gasteiger partial charge in [-0.1, -0.05) is 37.6 Å². The van der Waals surface area contributed by atoms with Gasteiger partial charge >= 0.3 is 0 Å². The van der Waals surface area contributed by atoms with E-state index in [0.717, 1.165) is 12.0 Å². The van der Waals surface area contributed by atoms with Crippen LogP contribution in [-0.4, -0.2) is 43.5 Å². The highest BCUT2D eigenvalue weighted by atomic mass is 35.5. The summed E-state index contributed by atoms with van der Waals surface area (Å²) in [5.74, 6) is -0.715. The number of halogens is 1. The van der Waals surface area contributed by atoms with Crippen molar-refractivity contribution in [1.82, 2.24) is 9.62 Å². The number of nitrogens with zero attached hydrogens (tertiary/aromatic N) is 1. The molecule has 22 heavy (non-hydrogen) atoms. The number of carbonyl (C=O) groups is 1. The van der Waals surface area contributed by atoms with Crippen LogP contribution >= 0.6 is 11.6 Å². The molecule has 1 N–H and O–H groups in total. The van der Waals surface area contributed by atoms with Gasteiger partial charge in [-0.2, -0.15) is 0 Å². The summed E-state index contributed by atoms with van der Waals surface area (Å²) < 4.78 is 25.4. The summed E-state index contributed by atoms with van der Waals surface area (Å²) in [6.07, 6.45) is 0.817. The Kier molecular flexibility index (Phi) is 5.47. The van der Waals surface area contributed by atoms with E-state index in [2.05, 4.69) is 5.32 Å². The molecule has 1 aliphatic carbocycles. The van der Waals surface area contributed by atoms with Crippen LogP contribution in [0, 0.1) is 0 Å². The molecule has 0 radical (unpaired) electrons. The third kappa shape index (κ3) is 4.21. The zero-order valence-corrected chi connectivity index (χ0v) is 14.3. The summed E-state index contributed by atoms with van der Waals surface area (Å²) in [6, 6.07) is 7.52. The molecule has 1 fully saturated rings. The fourth-order valence-corrected chi connectivity index (χ4v) is 4.17. The molecule has 2 atom stereocenters. The van der Waals surface area contributed by atoms with Gasteiger partial charge in [0.25, 0.3) is 0 Å². The zero-order chi connectivity index (χ0) is 16.3. The molecule has 122 valence electrons. The Labute approximate surface area is 136 Å². The Bertz CT molecular complexity index is 644. The van der Waals surface area contributed by atoms with Gasteiger partial charge in [-0.3, -0.25) is 4.79 Å². The average Bonchev–Trinajstić information content (AvgIpc) is 3.18. The highest BCUT2D eigenvalue weighted by molar-refractivity contribution is 7.89. The summed E-state index contributed by atoms with van der Waals surface area (Å²) in [5, 5.41) is 3.46. The highest BCUT2D eigenvalue weighted by Crippen LogP contribution is 2.41. The molecule has 1 amide bonds. The summed E-state index contributed by atoms with van der Waals surface area (Å²) in [4.78, 5) is 11.9. The van der Waals surface area contributed by atoms with Gasteiger partial charge in [0.2, 0.25) is 15.9 Å². The van der Waals surface area contributed by atoms with Gasteiger partial charge in [0, 0.05) is 30.1 Å². The normalized spacial score (nSPS) is 20.9. The van der Waals surface area contributed by atoms with E-state index in [1.54, 1.807) is 19.9 Å². The van der Waals surface area contributed by atoms with Crippen molar-refractivity contribution in [2.45, 2.75) is 32.2 Å². The fourth-order valence-electron chi connectivity index (χ4n) is 2.58. The van der Waals surface area contributed by atoms with Gasteiger partial charge in [-0.25, -0.2) is 12.7 Å². The van der Waals surface area contributed by atoms with E-state index in [1.807, 2.05) is 18.2 Å². The lowest BCUT2D eigenvalue weighted by atomic mass is 10.1. The molecule has 7 heteroatoms. The Morgan fingerprint density at radius 2 is 2.05 bits per heavy atom. The standard InChI is InChI=1S/C15H21ClN2O3S/c1-3-18(4-2)22(20,21)10-15(19)17-14-9-13(14)11-6-5-7-12(16)8-11/h5-8,13-14H,3-4,9-10H2,1-2H3,(H,17,19)/t13-,14-/m0/s1. The second-order valence-electron chi connectivity index (χ2n) is 5.41. The van der Waals surface area contributed by atoms with Crippen molar-refractivity contribution in [1.29, 1.82) is 0 Å². The fraction of sp³-hybridized carbons (Fsp3) is 0.533. The molecule has 0 unspecified atom stereocenters. The number of benzene rings is 1. The van der Waals surface area contributed by atoms with Gasteiger partial charge in [0.05, 0.1) is 0 Å². The molecule has 0 aromatic heterocycles. The predicted molar refractivity (Wildman–Crippen MR) is 87.4 cm³/mol. The zero-order valence-electron chi connectivity index (χ0n) is 12.8. The van der Waals surface area contributed by atoms with Crippen molar-refractivity contribution < 1.29 is 13.2 Å². The van der Waals surface area contributed by atoms with E-state index in [1.165, 1.54) is 4.31 Å². The van der Waals surface area contributed by atoms with Crippen LogP contribution in [0.4, 0.5) is 0 Å². The summed E-state index contributed by atoms with van der Waals surface area (Å²) >= 11 is 5.95. The summed E-state index contributed by atoms with van der Waals surface area (Å²) in [7, 11) is -3.53. The average molecular weight is 345 g/mol. The molecule has 0 spiro atoms. The Hall–Kier alpha value is -1.11. The number of hydrogen-bond donors (Lipinski definition) is 1. The van der Waals surface area contributed by atoms with Crippen molar-refractivity contribution in [2.24, 2.45) is 0 Å². The number of nitrogens with one attached hydrogen (secondary N) is 1. The number of carbonyl (C=O) groups excluding carboxylic acids is 1. The molecule has 0 heterocycles. The van der Waals surface area contributed by atoms with Crippen LogP contribution in [-0.2, 0) is 14.8 Å². The van der Waals surface area contributed by atoms with Gasteiger partial charge in [0.1, 0.15) is 5.75 Å². The van der Waals surface area contributed by atoms with Crippen LogP contribution in [0.15, 0.2) is 24.3 Å². The largest absolute Gasteiger partial charge is 0.352 e. The van der Waals surface area contributed by atoms with E-state index in [4.69, 9.17) is 11.6 Å². The first-order valence-corrected chi connectivity index (χ1v) is 9.38. The van der Waals surface area contributed by atoms with Gasteiger partial charge in [-0.15, -0.1) is 0 Å². The second kappa shape index (κ2) is 6.98. The number of hydrogen-bond acceptors (Lipinski definition) is 3. The van der Waals surface area contributed by atoms with Gasteiger partial charge < -0.3 is 5.32 Å². The molecule has 1 aromatic rings. The first-order chi connectivity index (χ1) is 10.4. The van der Waals surface area contributed by atoms with Crippen LogP contribution in [0.2, 0.25) is 5.02 Å². The van der Waals surface area contributed by atoms with E-state index in [9.17, 15) is 13.2 Å². The number of rotatable bonds is 7. The van der Waals surface area contributed by atoms with Crippen molar-refractivity contribution in [3.8, 4) is 0 Å². The lowest BCUT2D eigenvalue weighted by Gasteiger charge is -2.17. The van der Waals surface area contributed by atoms with Crippen molar-refractivity contribution in [3.05, 3.63) is 34.9 Å². The van der Waals surface area contributed by atoms with Crippen LogP contribution < -0.4 is 5.32 Å². The lowest BCUT2D eigenvalue weighted by molar-refractivity contribution is -0.118. The van der Waals surface area contributed by atoms with E-state index in [0.29, 0.717) is 18.1 Å². The first kappa shape index (κ1) is 17.2. The minimum Gasteiger partial charge on any atom is -0.352 e. The number of sulfonamides is 1. The molecular formula is C15H21ClN2O3S. The van der Waals surface area contributed by atoms with Crippen molar-refractivity contribution >= 4 is 27.5 Å². The van der Waals surface area contributed by atoms with E-state index in [-0.39, 0.29) is 12.0 Å². The maximum absolute atomic E-state index is 12.0. The summed E-state index contributed by atoms with van der Waals surface area (Å²) in [5.41, 5.74) is 1.07. The predicted octanol–water partition coefficient (Wildman–Crippen LogP) is 1.98. The van der Waals surface area contributed by atoms with Crippen LogP contribution in [0.5, 0.6) is 0 Å². The molecule has 5 nitrogen and oxygen atoms in total. The lowest BCUT2D eigenvalue weighted by Crippen LogP contribution is -2.40. The Morgan fingerprint density at radius 1 is 1.36 bits per heavy atom. The smallest absolute Gasteiger partial charge is 0.236 e. The minimum absolute atomic E-state index is 0.00197. The van der Waals surface area contributed by atoms with Gasteiger partial charge in [0.15, 0.2) is 0 Å². The molecule has 2 rings (SSSR count). The molecule has 0 bridgehead atoms. The third-order valence-corrected chi connectivity index (χ3v) is 5.99. The molecular weight excluding hydrogens is 324 g/mol.